The standard InChI is InChI=1S/C27H27N5O5S2/c1-29-25(34)19-9-11-21(12-10-19)32-24(33)17-23(26(32)35)38-27(31-20-5-3-2-4-6-20)30-16-15-18-7-13-22(14-8-18)39(28,36)37/h2-14,23H,15-17H2,1H3,(H,29,34)(H,30,31)(H2,28,36,37). The molecule has 1 unspecified atom stereocenters. The molecule has 1 aliphatic rings. The van der Waals surface area contributed by atoms with Crippen molar-refractivity contribution in [2.24, 2.45) is 10.1 Å². The van der Waals surface area contributed by atoms with E-state index in [1.54, 1.807) is 36.4 Å². The molecule has 39 heavy (non-hydrogen) atoms. The van der Waals surface area contributed by atoms with Gasteiger partial charge < -0.3 is 10.6 Å². The fraction of sp³-hybridized carbons (Fsp3) is 0.185. The number of hydrogen-bond acceptors (Lipinski definition) is 7. The predicted octanol–water partition coefficient (Wildman–Crippen LogP) is 2.77. The molecule has 3 aromatic rings. The van der Waals surface area contributed by atoms with E-state index in [1.165, 1.54) is 30.9 Å². The minimum Gasteiger partial charge on any atom is -0.355 e. The average Bonchev–Trinajstić information content (AvgIpc) is 3.20. The number of thioether (sulfide) groups is 1. The number of nitrogens with one attached hydrogen (secondary N) is 2. The van der Waals surface area contributed by atoms with Crippen molar-refractivity contribution in [2.45, 2.75) is 23.0 Å². The molecule has 0 radical (unpaired) electrons. The van der Waals surface area contributed by atoms with Gasteiger partial charge in [0, 0.05) is 31.3 Å². The zero-order valence-corrected chi connectivity index (χ0v) is 22.7. The number of aliphatic imine (C=N–C) groups is 1. The second-order valence-corrected chi connectivity index (χ2v) is 11.4. The molecule has 0 saturated carbocycles. The van der Waals surface area contributed by atoms with E-state index in [0.29, 0.717) is 29.4 Å². The van der Waals surface area contributed by atoms with Crippen molar-refractivity contribution in [1.82, 2.24) is 5.32 Å². The Morgan fingerprint density at radius 1 is 1.03 bits per heavy atom. The van der Waals surface area contributed by atoms with Crippen molar-refractivity contribution in [3.8, 4) is 0 Å². The molecule has 4 rings (SSSR count). The van der Waals surface area contributed by atoms with Crippen LogP contribution in [0.2, 0.25) is 0 Å². The van der Waals surface area contributed by atoms with Crippen LogP contribution in [0.3, 0.4) is 0 Å². The topological polar surface area (TPSA) is 151 Å². The Labute approximate surface area is 230 Å². The molecule has 0 aliphatic carbocycles. The van der Waals surface area contributed by atoms with Crippen LogP contribution in [-0.4, -0.2) is 50.1 Å². The quantitative estimate of drug-likeness (QED) is 0.216. The van der Waals surface area contributed by atoms with Gasteiger partial charge in [-0.2, -0.15) is 0 Å². The number of sulfonamides is 1. The van der Waals surface area contributed by atoms with Crippen LogP contribution in [0, 0.1) is 0 Å². The second kappa shape index (κ2) is 12.2. The summed E-state index contributed by atoms with van der Waals surface area (Å²) in [5.74, 6) is -0.958. The lowest BCUT2D eigenvalue weighted by Crippen LogP contribution is -2.31. The number of anilines is 2. The third kappa shape index (κ3) is 7.11. The Kier molecular flexibility index (Phi) is 8.79. The number of amides is 3. The Balaban J connectivity index is 1.48. The van der Waals surface area contributed by atoms with Gasteiger partial charge in [-0.3, -0.25) is 19.4 Å². The van der Waals surface area contributed by atoms with Crippen LogP contribution in [0.15, 0.2) is 88.8 Å². The van der Waals surface area contributed by atoms with Crippen molar-refractivity contribution in [1.29, 1.82) is 0 Å². The van der Waals surface area contributed by atoms with E-state index in [1.807, 2.05) is 30.3 Å². The lowest BCUT2D eigenvalue weighted by molar-refractivity contribution is -0.121. The van der Waals surface area contributed by atoms with E-state index in [2.05, 4.69) is 15.6 Å². The van der Waals surface area contributed by atoms with E-state index in [0.717, 1.165) is 16.2 Å². The van der Waals surface area contributed by atoms with Crippen molar-refractivity contribution < 1.29 is 22.8 Å². The van der Waals surface area contributed by atoms with Crippen molar-refractivity contribution in [2.75, 3.05) is 23.8 Å². The molecule has 0 aromatic heterocycles. The van der Waals surface area contributed by atoms with Crippen LogP contribution >= 0.6 is 11.8 Å². The van der Waals surface area contributed by atoms with Crippen LogP contribution < -0.4 is 20.7 Å². The van der Waals surface area contributed by atoms with E-state index in [9.17, 15) is 22.8 Å². The van der Waals surface area contributed by atoms with Crippen LogP contribution in [0.25, 0.3) is 0 Å². The van der Waals surface area contributed by atoms with Gasteiger partial charge >= 0.3 is 0 Å². The predicted molar refractivity (Wildman–Crippen MR) is 152 cm³/mol. The first-order valence-electron chi connectivity index (χ1n) is 12.0. The maximum Gasteiger partial charge on any atom is 0.251 e. The summed E-state index contributed by atoms with van der Waals surface area (Å²) in [7, 11) is -2.24. The lowest BCUT2D eigenvalue weighted by atomic mass is 10.1. The van der Waals surface area contributed by atoms with Crippen LogP contribution in [-0.2, 0) is 26.0 Å². The molecule has 0 bridgehead atoms. The molecule has 1 saturated heterocycles. The molecular formula is C27H27N5O5S2. The number of para-hydroxylation sites is 1. The van der Waals surface area contributed by atoms with Crippen LogP contribution in [0.5, 0.6) is 0 Å². The Morgan fingerprint density at radius 3 is 2.31 bits per heavy atom. The first-order valence-corrected chi connectivity index (χ1v) is 14.4. The molecule has 4 N–H and O–H groups in total. The third-order valence-corrected chi connectivity index (χ3v) is 7.94. The van der Waals surface area contributed by atoms with Crippen LogP contribution in [0.4, 0.5) is 11.4 Å². The number of nitrogens with zero attached hydrogens (tertiary/aromatic N) is 2. The molecule has 3 aromatic carbocycles. The number of nitrogens with two attached hydrogens (primary N) is 1. The van der Waals surface area contributed by atoms with Gasteiger partial charge in [0.25, 0.3) is 5.91 Å². The largest absolute Gasteiger partial charge is 0.355 e. The molecule has 10 nitrogen and oxygen atoms in total. The van der Waals surface area contributed by atoms with Gasteiger partial charge in [-0.05, 0) is 60.5 Å². The highest BCUT2D eigenvalue weighted by Gasteiger charge is 2.40. The van der Waals surface area contributed by atoms with Crippen LogP contribution in [0.1, 0.15) is 22.3 Å². The number of benzene rings is 3. The molecule has 1 heterocycles. The number of carbonyl (C=O) groups excluding carboxylic acids is 3. The first-order chi connectivity index (χ1) is 18.7. The first kappa shape index (κ1) is 28.0. The highest BCUT2D eigenvalue weighted by atomic mass is 32.2. The van der Waals surface area contributed by atoms with Gasteiger partial charge in [-0.15, -0.1) is 0 Å². The SMILES string of the molecule is CNC(=O)c1ccc(N2C(=O)CC(SC(=NCCc3ccc(S(N)(=O)=O)cc3)Nc3ccccc3)C2=O)cc1. The maximum atomic E-state index is 13.3. The summed E-state index contributed by atoms with van der Waals surface area (Å²) in [5, 5.41) is 10.7. The van der Waals surface area contributed by atoms with Gasteiger partial charge in [0.2, 0.25) is 21.8 Å². The molecule has 0 spiro atoms. The maximum absolute atomic E-state index is 13.3. The molecule has 1 fully saturated rings. The normalized spacial score (nSPS) is 15.9. The summed E-state index contributed by atoms with van der Waals surface area (Å²) in [5.41, 5.74) is 2.47. The monoisotopic (exact) mass is 565 g/mol. The van der Waals surface area contributed by atoms with Gasteiger partial charge in [0.05, 0.1) is 10.6 Å². The lowest BCUT2D eigenvalue weighted by Gasteiger charge is -2.16. The Hall–Kier alpha value is -4.00. The van der Waals surface area contributed by atoms with E-state index in [-0.39, 0.29) is 29.0 Å². The number of rotatable bonds is 8. The summed E-state index contributed by atoms with van der Waals surface area (Å²) in [4.78, 5) is 43.7. The van der Waals surface area contributed by atoms with Gasteiger partial charge in [0.1, 0.15) is 5.25 Å². The fourth-order valence-electron chi connectivity index (χ4n) is 3.89. The smallest absolute Gasteiger partial charge is 0.251 e. The minimum atomic E-state index is -3.77. The summed E-state index contributed by atoms with van der Waals surface area (Å²) in [6, 6.07) is 21.9. The molecular weight excluding hydrogens is 538 g/mol. The fourth-order valence-corrected chi connectivity index (χ4v) is 5.45. The Bertz CT molecular complexity index is 1490. The van der Waals surface area contributed by atoms with E-state index in [4.69, 9.17) is 5.14 Å². The van der Waals surface area contributed by atoms with Gasteiger partial charge in [-0.1, -0.05) is 42.1 Å². The summed E-state index contributed by atoms with van der Waals surface area (Å²) in [6.07, 6.45) is 0.526. The number of imide groups is 1. The summed E-state index contributed by atoms with van der Waals surface area (Å²) >= 11 is 1.18. The highest BCUT2D eigenvalue weighted by molar-refractivity contribution is 8.15. The number of carbonyl (C=O) groups is 3. The average molecular weight is 566 g/mol. The summed E-state index contributed by atoms with van der Waals surface area (Å²) < 4.78 is 23.0. The Morgan fingerprint density at radius 2 is 1.69 bits per heavy atom. The van der Waals surface area contributed by atoms with Gasteiger partial charge in [0.15, 0.2) is 5.17 Å². The third-order valence-electron chi connectivity index (χ3n) is 5.91. The minimum absolute atomic E-state index is 0.00517. The van der Waals surface area contributed by atoms with Crippen molar-refractivity contribution in [3.63, 3.8) is 0 Å². The number of hydrogen-bond donors (Lipinski definition) is 3. The molecule has 12 heteroatoms. The highest BCUT2D eigenvalue weighted by Crippen LogP contribution is 2.31. The number of primary sulfonamides is 1. The van der Waals surface area contributed by atoms with Crippen molar-refractivity contribution >= 4 is 56.0 Å². The van der Waals surface area contributed by atoms with Crippen molar-refractivity contribution in [3.05, 3.63) is 90.0 Å². The zero-order chi connectivity index (χ0) is 28.0. The molecule has 1 aliphatic heterocycles. The van der Waals surface area contributed by atoms with Gasteiger partial charge in [-0.25, -0.2) is 18.5 Å². The zero-order valence-electron chi connectivity index (χ0n) is 21.0. The molecule has 3 amide bonds. The van der Waals surface area contributed by atoms with E-state index >= 15 is 0 Å². The number of amidine groups is 1. The summed E-state index contributed by atoms with van der Waals surface area (Å²) in [6.45, 7) is 0.358. The molecule has 202 valence electrons. The van der Waals surface area contributed by atoms with E-state index < -0.39 is 15.3 Å². The second-order valence-electron chi connectivity index (χ2n) is 8.62. The molecule has 1 atom stereocenters.